The molecule has 0 radical (unpaired) electrons. The van der Waals surface area contributed by atoms with Crippen molar-refractivity contribution in [3.8, 4) is 0 Å². The van der Waals surface area contributed by atoms with Crippen molar-refractivity contribution in [2.45, 2.75) is 32.2 Å². The summed E-state index contributed by atoms with van der Waals surface area (Å²) in [6.07, 6.45) is 4.86. The number of benzene rings is 1. The summed E-state index contributed by atoms with van der Waals surface area (Å²) in [6.45, 7) is 3.24. The molecular formula is C16H24N2O. The standard InChI is InChI=1S/C16H24N2O/c1-17(13-15-9-5-4-6-10-15)14-16(19)18-11-7-2-3-8-12-18/h4-6,9-10H,2-3,7-8,11-14H2,1H3. The normalized spacial score (nSPS) is 16.4. The maximum absolute atomic E-state index is 12.2. The van der Waals surface area contributed by atoms with Crippen LogP contribution in [0.15, 0.2) is 30.3 Å². The van der Waals surface area contributed by atoms with E-state index in [9.17, 15) is 4.79 Å². The summed E-state index contributed by atoms with van der Waals surface area (Å²) in [5, 5.41) is 0. The van der Waals surface area contributed by atoms with E-state index in [1.807, 2.05) is 30.1 Å². The Labute approximate surface area is 116 Å². The molecule has 0 N–H and O–H groups in total. The van der Waals surface area contributed by atoms with Gasteiger partial charge in [0, 0.05) is 19.6 Å². The number of likely N-dealkylation sites (N-methyl/N-ethyl adjacent to an activating group) is 1. The topological polar surface area (TPSA) is 23.6 Å². The molecule has 1 aromatic rings. The lowest BCUT2D eigenvalue weighted by molar-refractivity contribution is -0.132. The molecule has 1 amide bonds. The summed E-state index contributed by atoms with van der Waals surface area (Å²) in [5.41, 5.74) is 1.26. The van der Waals surface area contributed by atoms with Crippen molar-refractivity contribution in [2.24, 2.45) is 0 Å². The van der Waals surface area contributed by atoms with Crippen LogP contribution in [-0.2, 0) is 11.3 Å². The summed E-state index contributed by atoms with van der Waals surface area (Å²) in [5.74, 6) is 0.278. The lowest BCUT2D eigenvalue weighted by Gasteiger charge is -2.24. The van der Waals surface area contributed by atoms with Crippen LogP contribution in [-0.4, -0.2) is 42.4 Å². The highest BCUT2D eigenvalue weighted by atomic mass is 16.2. The second-order valence-corrected chi connectivity index (χ2v) is 5.45. The Morgan fingerprint density at radius 1 is 1.11 bits per heavy atom. The molecule has 3 nitrogen and oxygen atoms in total. The maximum Gasteiger partial charge on any atom is 0.236 e. The van der Waals surface area contributed by atoms with E-state index in [0.717, 1.165) is 32.5 Å². The summed E-state index contributed by atoms with van der Waals surface area (Å²) in [4.78, 5) is 16.4. The molecular weight excluding hydrogens is 236 g/mol. The highest BCUT2D eigenvalue weighted by molar-refractivity contribution is 5.78. The summed E-state index contributed by atoms with van der Waals surface area (Å²) >= 11 is 0. The Bertz CT molecular complexity index is 383. The number of hydrogen-bond acceptors (Lipinski definition) is 2. The minimum absolute atomic E-state index is 0.278. The van der Waals surface area contributed by atoms with Crippen molar-refractivity contribution in [2.75, 3.05) is 26.7 Å². The van der Waals surface area contributed by atoms with Gasteiger partial charge in [-0.05, 0) is 25.5 Å². The minimum Gasteiger partial charge on any atom is -0.342 e. The largest absolute Gasteiger partial charge is 0.342 e. The van der Waals surface area contributed by atoms with E-state index < -0.39 is 0 Å². The van der Waals surface area contributed by atoms with Crippen LogP contribution < -0.4 is 0 Å². The van der Waals surface area contributed by atoms with E-state index in [1.54, 1.807) is 0 Å². The smallest absolute Gasteiger partial charge is 0.236 e. The second kappa shape index (κ2) is 7.29. The Kier molecular flexibility index (Phi) is 5.40. The van der Waals surface area contributed by atoms with Crippen LogP contribution in [0.25, 0.3) is 0 Å². The molecule has 0 aliphatic carbocycles. The molecule has 0 unspecified atom stereocenters. The van der Waals surface area contributed by atoms with Gasteiger partial charge in [-0.3, -0.25) is 9.69 Å². The zero-order chi connectivity index (χ0) is 13.5. The van der Waals surface area contributed by atoms with Gasteiger partial charge in [-0.25, -0.2) is 0 Å². The Hall–Kier alpha value is -1.35. The molecule has 3 heteroatoms. The van der Waals surface area contributed by atoms with Gasteiger partial charge in [0.1, 0.15) is 0 Å². The maximum atomic E-state index is 12.2. The zero-order valence-corrected chi connectivity index (χ0v) is 11.8. The molecule has 0 saturated carbocycles. The van der Waals surface area contributed by atoms with Crippen LogP contribution in [0, 0.1) is 0 Å². The monoisotopic (exact) mass is 260 g/mol. The predicted molar refractivity (Wildman–Crippen MR) is 77.8 cm³/mol. The van der Waals surface area contributed by atoms with Crippen LogP contribution >= 0.6 is 0 Å². The quantitative estimate of drug-likeness (QED) is 0.830. The first-order chi connectivity index (χ1) is 9.25. The molecule has 2 rings (SSSR count). The summed E-state index contributed by atoms with van der Waals surface area (Å²) in [6, 6.07) is 10.3. The predicted octanol–water partition coefficient (Wildman–Crippen LogP) is 2.52. The number of likely N-dealkylation sites (tertiary alicyclic amines) is 1. The molecule has 1 fully saturated rings. The highest BCUT2D eigenvalue weighted by Gasteiger charge is 2.16. The second-order valence-electron chi connectivity index (χ2n) is 5.45. The third kappa shape index (κ3) is 4.67. The number of rotatable bonds is 4. The summed E-state index contributed by atoms with van der Waals surface area (Å²) in [7, 11) is 2.02. The van der Waals surface area contributed by atoms with Crippen LogP contribution in [0.2, 0.25) is 0 Å². The fourth-order valence-electron chi connectivity index (χ4n) is 2.60. The lowest BCUT2D eigenvalue weighted by Crippen LogP contribution is -2.39. The van der Waals surface area contributed by atoms with Gasteiger partial charge in [-0.1, -0.05) is 43.2 Å². The van der Waals surface area contributed by atoms with E-state index in [4.69, 9.17) is 0 Å². The van der Waals surface area contributed by atoms with Crippen molar-refractivity contribution < 1.29 is 4.79 Å². The minimum atomic E-state index is 0.278. The Morgan fingerprint density at radius 3 is 2.37 bits per heavy atom. The number of hydrogen-bond donors (Lipinski definition) is 0. The number of carbonyl (C=O) groups is 1. The van der Waals surface area contributed by atoms with Gasteiger partial charge < -0.3 is 4.90 Å². The van der Waals surface area contributed by atoms with Crippen molar-refractivity contribution in [3.05, 3.63) is 35.9 Å². The highest BCUT2D eigenvalue weighted by Crippen LogP contribution is 2.10. The van der Waals surface area contributed by atoms with Crippen LogP contribution in [0.4, 0.5) is 0 Å². The molecule has 0 bridgehead atoms. The first-order valence-corrected chi connectivity index (χ1v) is 7.26. The molecule has 0 spiro atoms. The fourth-order valence-corrected chi connectivity index (χ4v) is 2.60. The Balaban J connectivity index is 1.80. The molecule has 1 aliphatic rings. The summed E-state index contributed by atoms with van der Waals surface area (Å²) < 4.78 is 0. The van der Waals surface area contributed by atoms with Crippen LogP contribution in [0.3, 0.4) is 0 Å². The van der Waals surface area contributed by atoms with Gasteiger partial charge in [0.2, 0.25) is 5.91 Å². The van der Waals surface area contributed by atoms with Crippen LogP contribution in [0.5, 0.6) is 0 Å². The molecule has 1 aromatic carbocycles. The number of carbonyl (C=O) groups excluding carboxylic acids is 1. The van der Waals surface area contributed by atoms with Crippen molar-refractivity contribution in [1.82, 2.24) is 9.80 Å². The average molecular weight is 260 g/mol. The van der Waals surface area contributed by atoms with E-state index in [1.165, 1.54) is 18.4 Å². The molecule has 104 valence electrons. The van der Waals surface area contributed by atoms with Crippen molar-refractivity contribution >= 4 is 5.91 Å². The van der Waals surface area contributed by atoms with E-state index in [0.29, 0.717) is 6.54 Å². The van der Waals surface area contributed by atoms with E-state index in [2.05, 4.69) is 17.0 Å². The van der Waals surface area contributed by atoms with Gasteiger partial charge in [0.15, 0.2) is 0 Å². The first-order valence-electron chi connectivity index (χ1n) is 7.26. The van der Waals surface area contributed by atoms with Gasteiger partial charge >= 0.3 is 0 Å². The van der Waals surface area contributed by atoms with Crippen molar-refractivity contribution in [1.29, 1.82) is 0 Å². The molecule has 1 aliphatic heterocycles. The number of amides is 1. The first kappa shape index (κ1) is 14.1. The van der Waals surface area contributed by atoms with E-state index in [-0.39, 0.29) is 5.91 Å². The van der Waals surface area contributed by atoms with Gasteiger partial charge in [0.05, 0.1) is 6.54 Å². The van der Waals surface area contributed by atoms with E-state index >= 15 is 0 Å². The van der Waals surface area contributed by atoms with Crippen LogP contribution in [0.1, 0.15) is 31.2 Å². The third-order valence-electron chi connectivity index (χ3n) is 3.66. The Morgan fingerprint density at radius 2 is 1.74 bits per heavy atom. The zero-order valence-electron chi connectivity index (χ0n) is 11.8. The number of nitrogens with zero attached hydrogens (tertiary/aromatic N) is 2. The fraction of sp³-hybridized carbons (Fsp3) is 0.562. The average Bonchev–Trinajstić information content (AvgIpc) is 2.68. The van der Waals surface area contributed by atoms with Crippen molar-refractivity contribution in [3.63, 3.8) is 0 Å². The molecule has 0 atom stereocenters. The van der Waals surface area contributed by atoms with Gasteiger partial charge in [0.25, 0.3) is 0 Å². The molecule has 1 saturated heterocycles. The van der Waals surface area contributed by atoms with Gasteiger partial charge in [-0.15, -0.1) is 0 Å². The molecule has 1 heterocycles. The SMILES string of the molecule is CN(CC(=O)N1CCCCCC1)Cc1ccccc1. The third-order valence-corrected chi connectivity index (χ3v) is 3.66. The molecule has 19 heavy (non-hydrogen) atoms. The van der Waals surface area contributed by atoms with Gasteiger partial charge in [-0.2, -0.15) is 0 Å². The lowest BCUT2D eigenvalue weighted by atomic mass is 10.2. The molecule has 0 aromatic heterocycles.